The minimum Gasteiger partial charge on any atom is -0.442 e. The highest BCUT2D eigenvalue weighted by molar-refractivity contribution is 5.47. The molecule has 0 aliphatic rings. The molecule has 4 heteroatoms. The molecule has 4 nitrogen and oxygen atoms in total. The third-order valence-corrected chi connectivity index (χ3v) is 1.25. The van der Waals surface area contributed by atoms with Crippen molar-refractivity contribution in [3.05, 3.63) is 31.2 Å². The van der Waals surface area contributed by atoms with Crippen LogP contribution < -0.4 is 0 Å². The Labute approximate surface area is 62.9 Å². The molecule has 0 fully saturated rings. The maximum absolute atomic E-state index is 5.01. The number of aromatic nitrogens is 3. The summed E-state index contributed by atoms with van der Waals surface area (Å²) in [4.78, 5) is 11.7. The lowest BCUT2D eigenvalue weighted by Gasteiger charge is -1.89. The van der Waals surface area contributed by atoms with E-state index in [1.165, 1.54) is 6.39 Å². The van der Waals surface area contributed by atoms with E-state index in [1.54, 1.807) is 24.8 Å². The van der Waals surface area contributed by atoms with Gasteiger partial charge in [-0.3, -0.25) is 4.98 Å². The van der Waals surface area contributed by atoms with Crippen LogP contribution in [-0.2, 0) is 0 Å². The minimum absolute atomic E-state index is 0.637. The number of oxazole rings is 1. The van der Waals surface area contributed by atoms with Crippen molar-refractivity contribution in [3.8, 4) is 11.5 Å². The molecule has 0 radical (unpaired) electrons. The van der Waals surface area contributed by atoms with Crippen LogP contribution in [-0.4, -0.2) is 15.0 Å². The molecule has 0 saturated carbocycles. The fourth-order valence-electron chi connectivity index (χ4n) is 0.769. The molecule has 54 valence electrons. The van der Waals surface area contributed by atoms with Crippen LogP contribution in [0.4, 0.5) is 0 Å². The maximum Gasteiger partial charge on any atom is 0.181 e. The third-order valence-electron chi connectivity index (χ3n) is 1.25. The molecular formula is C7H5N3O. The molecule has 0 unspecified atom stereocenters. The highest BCUT2D eigenvalue weighted by Gasteiger charge is 1.99. The number of nitrogens with zero attached hydrogens (tertiary/aromatic N) is 3. The van der Waals surface area contributed by atoms with Crippen molar-refractivity contribution in [2.75, 3.05) is 0 Å². The van der Waals surface area contributed by atoms with Crippen LogP contribution in [0.15, 0.2) is 35.6 Å². The lowest BCUT2D eigenvalue weighted by Crippen LogP contribution is -1.80. The molecule has 2 aromatic rings. The highest BCUT2D eigenvalue weighted by Crippen LogP contribution is 2.12. The summed E-state index contributed by atoms with van der Waals surface area (Å²) in [5.41, 5.74) is 0.699. The van der Waals surface area contributed by atoms with Crippen LogP contribution in [0.3, 0.4) is 0 Å². The number of hydrogen-bond acceptors (Lipinski definition) is 4. The van der Waals surface area contributed by atoms with Gasteiger partial charge in [0.25, 0.3) is 0 Å². The second kappa shape index (κ2) is 2.49. The molecule has 0 aliphatic heterocycles. The van der Waals surface area contributed by atoms with E-state index in [2.05, 4.69) is 15.0 Å². The van der Waals surface area contributed by atoms with Crippen LogP contribution >= 0.6 is 0 Å². The van der Waals surface area contributed by atoms with Crippen LogP contribution in [0, 0.1) is 0 Å². The lowest BCUT2D eigenvalue weighted by atomic mass is 10.4. The molecule has 2 rings (SSSR count). The lowest BCUT2D eigenvalue weighted by molar-refractivity contribution is 0.569. The van der Waals surface area contributed by atoms with E-state index in [-0.39, 0.29) is 0 Å². The van der Waals surface area contributed by atoms with Crippen LogP contribution in [0.2, 0.25) is 0 Å². The minimum atomic E-state index is 0.637. The van der Waals surface area contributed by atoms with Gasteiger partial charge in [-0.25, -0.2) is 9.97 Å². The molecule has 2 aromatic heterocycles. The van der Waals surface area contributed by atoms with Gasteiger partial charge < -0.3 is 4.42 Å². The molecule has 0 aliphatic carbocycles. The van der Waals surface area contributed by atoms with Crippen molar-refractivity contribution in [1.82, 2.24) is 15.0 Å². The van der Waals surface area contributed by atoms with Gasteiger partial charge >= 0.3 is 0 Å². The zero-order valence-corrected chi connectivity index (χ0v) is 5.64. The van der Waals surface area contributed by atoms with Gasteiger partial charge in [0.1, 0.15) is 5.69 Å². The average Bonchev–Trinajstić information content (AvgIpc) is 2.58. The van der Waals surface area contributed by atoms with Gasteiger partial charge in [0.15, 0.2) is 12.2 Å². The fourth-order valence-corrected chi connectivity index (χ4v) is 0.769. The Morgan fingerprint density at radius 2 is 2.09 bits per heavy atom. The number of hydrogen-bond donors (Lipinski definition) is 0. The van der Waals surface area contributed by atoms with Gasteiger partial charge in [0.05, 0.1) is 12.4 Å². The molecule has 0 atom stereocenters. The Morgan fingerprint density at radius 3 is 2.73 bits per heavy atom. The topological polar surface area (TPSA) is 51.8 Å². The van der Waals surface area contributed by atoms with Crippen molar-refractivity contribution in [2.24, 2.45) is 0 Å². The van der Waals surface area contributed by atoms with Gasteiger partial charge in [-0.1, -0.05) is 0 Å². The Bertz CT molecular complexity index is 317. The first kappa shape index (κ1) is 6.03. The van der Waals surface area contributed by atoms with Crippen molar-refractivity contribution >= 4 is 0 Å². The molecule has 0 aromatic carbocycles. The fraction of sp³-hybridized carbons (Fsp3) is 0. The molecule has 0 bridgehead atoms. The largest absolute Gasteiger partial charge is 0.442 e. The molecule has 0 N–H and O–H groups in total. The molecule has 2 heterocycles. The van der Waals surface area contributed by atoms with Crippen LogP contribution in [0.5, 0.6) is 0 Å². The monoisotopic (exact) mass is 147 g/mol. The Morgan fingerprint density at radius 1 is 1.09 bits per heavy atom. The van der Waals surface area contributed by atoms with E-state index >= 15 is 0 Å². The summed E-state index contributed by atoms with van der Waals surface area (Å²) in [5.74, 6) is 0.637. The first-order valence-corrected chi connectivity index (χ1v) is 3.12. The number of rotatable bonds is 1. The summed E-state index contributed by atoms with van der Waals surface area (Å²) in [6.45, 7) is 0. The first-order valence-electron chi connectivity index (χ1n) is 3.12. The highest BCUT2D eigenvalue weighted by atomic mass is 16.3. The molecule has 0 saturated heterocycles. The van der Waals surface area contributed by atoms with Crippen molar-refractivity contribution in [3.63, 3.8) is 0 Å². The van der Waals surface area contributed by atoms with Crippen molar-refractivity contribution in [1.29, 1.82) is 0 Å². The SMILES string of the molecule is c1cnc(-c2cnco2)cn1. The maximum atomic E-state index is 5.01. The van der Waals surface area contributed by atoms with Gasteiger partial charge in [-0.05, 0) is 0 Å². The third kappa shape index (κ3) is 1.10. The standard InChI is InChI=1S/C7H5N3O/c1-2-10-6(3-8-1)7-4-9-5-11-7/h1-5H. The predicted molar refractivity (Wildman–Crippen MR) is 37.5 cm³/mol. The van der Waals surface area contributed by atoms with E-state index in [9.17, 15) is 0 Å². The van der Waals surface area contributed by atoms with Crippen molar-refractivity contribution in [2.45, 2.75) is 0 Å². The Balaban J connectivity index is 2.46. The smallest absolute Gasteiger partial charge is 0.181 e. The molecule has 0 amide bonds. The van der Waals surface area contributed by atoms with E-state index in [0.717, 1.165) is 0 Å². The van der Waals surface area contributed by atoms with Gasteiger partial charge in [0, 0.05) is 12.4 Å². The van der Waals surface area contributed by atoms with Crippen molar-refractivity contribution < 1.29 is 4.42 Å². The predicted octanol–water partition coefficient (Wildman–Crippen LogP) is 1.13. The normalized spacial score (nSPS) is 9.82. The summed E-state index contributed by atoms with van der Waals surface area (Å²) in [6.07, 6.45) is 7.81. The Kier molecular flexibility index (Phi) is 1.37. The zero-order valence-electron chi connectivity index (χ0n) is 5.64. The summed E-state index contributed by atoms with van der Waals surface area (Å²) < 4.78 is 5.01. The van der Waals surface area contributed by atoms with Crippen LogP contribution in [0.25, 0.3) is 11.5 Å². The Hall–Kier alpha value is -1.71. The zero-order chi connectivity index (χ0) is 7.52. The average molecular weight is 147 g/mol. The van der Waals surface area contributed by atoms with E-state index in [1.807, 2.05) is 0 Å². The van der Waals surface area contributed by atoms with Gasteiger partial charge in [-0.2, -0.15) is 0 Å². The summed E-state index contributed by atoms with van der Waals surface area (Å²) in [7, 11) is 0. The molecular weight excluding hydrogens is 142 g/mol. The van der Waals surface area contributed by atoms with Crippen LogP contribution in [0.1, 0.15) is 0 Å². The van der Waals surface area contributed by atoms with Gasteiger partial charge in [0.2, 0.25) is 0 Å². The quantitative estimate of drug-likeness (QED) is 0.606. The van der Waals surface area contributed by atoms with Gasteiger partial charge in [-0.15, -0.1) is 0 Å². The molecule has 0 spiro atoms. The van der Waals surface area contributed by atoms with E-state index in [4.69, 9.17) is 4.42 Å². The second-order valence-corrected chi connectivity index (χ2v) is 1.96. The summed E-state index contributed by atoms with van der Waals surface area (Å²) in [6, 6.07) is 0. The first-order chi connectivity index (χ1) is 5.47. The summed E-state index contributed by atoms with van der Waals surface area (Å²) >= 11 is 0. The second-order valence-electron chi connectivity index (χ2n) is 1.96. The van der Waals surface area contributed by atoms with E-state index < -0.39 is 0 Å². The molecule has 11 heavy (non-hydrogen) atoms. The van der Waals surface area contributed by atoms with E-state index in [0.29, 0.717) is 11.5 Å². The summed E-state index contributed by atoms with van der Waals surface area (Å²) in [5, 5.41) is 0.